The zero-order chi connectivity index (χ0) is 14.3. The predicted molar refractivity (Wildman–Crippen MR) is 81.1 cm³/mol. The van der Waals surface area contributed by atoms with Crippen molar-refractivity contribution < 1.29 is 9.47 Å². The van der Waals surface area contributed by atoms with Gasteiger partial charge >= 0.3 is 0 Å². The number of hydrazone groups is 1. The van der Waals surface area contributed by atoms with Crippen molar-refractivity contribution in [1.82, 2.24) is 10.7 Å². The molecule has 1 rings (SSSR count). The molecule has 0 heterocycles. The second-order valence-corrected chi connectivity index (χ2v) is 4.52. The van der Waals surface area contributed by atoms with Crippen LogP contribution in [0.3, 0.4) is 0 Å². The Bertz CT molecular complexity index is 461. The molecule has 104 valence electrons. The first-order chi connectivity index (χ1) is 9.06. The molecule has 0 aliphatic rings. The molecular formula is C13H19N3O2S. The van der Waals surface area contributed by atoms with E-state index in [9.17, 15) is 0 Å². The third kappa shape index (κ3) is 5.13. The molecular weight excluding hydrogens is 262 g/mol. The van der Waals surface area contributed by atoms with E-state index in [4.69, 9.17) is 21.7 Å². The van der Waals surface area contributed by atoms with Crippen LogP contribution >= 0.6 is 12.2 Å². The molecule has 19 heavy (non-hydrogen) atoms. The molecule has 6 heteroatoms. The maximum Gasteiger partial charge on any atom is 0.187 e. The van der Waals surface area contributed by atoms with Crippen LogP contribution < -0.4 is 20.2 Å². The predicted octanol–water partition coefficient (Wildman–Crippen LogP) is 1.91. The van der Waals surface area contributed by atoms with Crippen LogP contribution in [0.5, 0.6) is 11.5 Å². The summed E-state index contributed by atoms with van der Waals surface area (Å²) >= 11 is 5.05. The van der Waals surface area contributed by atoms with Crippen molar-refractivity contribution in [3.8, 4) is 11.5 Å². The van der Waals surface area contributed by atoms with Gasteiger partial charge in [-0.1, -0.05) is 0 Å². The lowest BCUT2D eigenvalue weighted by Gasteiger charge is -2.09. The van der Waals surface area contributed by atoms with Crippen LogP contribution in [0, 0.1) is 0 Å². The highest BCUT2D eigenvalue weighted by Gasteiger charge is 2.03. The minimum absolute atomic E-state index is 0.274. The molecule has 0 aromatic heterocycles. The van der Waals surface area contributed by atoms with E-state index < -0.39 is 0 Å². The average molecular weight is 281 g/mol. The van der Waals surface area contributed by atoms with Gasteiger partial charge in [-0.05, 0) is 49.8 Å². The monoisotopic (exact) mass is 281 g/mol. The molecule has 0 saturated heterocycles. The summed E-state index contributed by atoms with van der Waals surface area (Å²) in [5, 5.41) is 7.57. The number of thiocarbonyl (C=S) groups is 1. The zero-order valence-corrected chi connectivity index (χ0v) is 12.4. The fraction of sp³-hybridized carbons (Fsp3) is 0.385. The summed E-state index contributed by atoms with van der Waals surface area (Å²) in [7, 11) is 3.20. The molecule has 0 unspecified atom stereocenters. The van der Waals surface area contributed by atoms with Crippen LogP contribution in [-0.4, -0.2) is 31.6 Å². The topological polar surface area (TPSA) is 54.9 Å². The van der Waals surface area contributed by atoms with Gasteiger partial charge in [0.05, 0.1) is 20.4 Å². The Kier molecular flexibility index (Phi) is 6.08. The molecule has 0 aliphatic carbocycles. The van der Waals surface area contributed by atoms with E-state index in [1.54, 1.807) is 20.4 Å². The lowest BCUT2D eigenvalue weighted by Crippen LogP contribution is -2.36. The van der Waals surface area contributed by atoms with Gasteiger partial charge in [0.1, 0.15) is 0 Å². The number of hydrogen-bond donors (Lipinski definition) is 2. The lowest BCUT2D eigenvalue weighted by molar-refractivity contribution is 0.355. The van der Waals surface area contributed by atoms with Crippen LogP contribution in [0.4, 0.5) is 0 Å². The van der Waals surface area contributed by atoms with Crippen molar-refractivity contribution in [2.75, 3.05) is 14.2 Å². The molecule has 0 saturated carbocycles. The first kappa shape index (κ1) is 15.2. The molecule has 0 amide bonds. The van der Waals surface area contributed by atoms with E-state index in [1.165, 1.54) is 0 Å². The SMILES string of the molecule is COc1ccc(C=NNC(=S)NC(C)C)cc1OC. The molecule has 0 bridgehead atoms. The van der Waals surface area contributed by atoms with Crippen LogP contribution in [0.1, 0.15) is 19.4 Å². The molecule has 5 nitrogen and oxygen atoms in total. The minimum atomic E-state index is 0.274. The Morgan fingerprint density at radius 3 is 2.53 bits per heavy atom. The summed E-state index contributed by atoms with van der Waals surface area (Å²) < 4.78 is 10.4. The number of methoxy groups -OCH3 is 2. The standard InChI is InChI=1S/C13H19N3O2S/c1-9(2)15-13(19)16-14-8-10-5-6-11(17-3)12(7-10)18-4/h5-9H,1-4H3,(H2,15,16,19). The number of nitrogens with zero attached hydrogens (tertiary/aromatic N) is 1. The quantitative estimate of drug-likeness (QED) is 0.490. The van der Waals surface area contributed by atoms with Crippen LogP contribution in [0.15, 0.2) is 23.3 Å². The molecule has 0 aliphatic heterocycles. The number of hydrogen-bond acceptors (Lipinski definition) is 4. The normalized spacial score (nSPS) is 10.6. The van der Waals surface area contributed by atoms with Crippen molar-refractivity contribution in [3.05, 3.63) is 23.8 Å². The highest BCUT2D eigenvalue weighted by molar-refractivity contribution is 7.80. The average Bonchev–Trinajstić information content (AvgIpc) is 2.37. The molecule has 0 atom stereocenters. The summed E-state index contributed by atoms with van der Waals surface area (Å²) in [6.07, 6.45) is 1.66. The van der Waals surface area contributed by atoms with Gasteiger partial charge in [-0.3, -0.25) is 5.43 Å². The van der Waals surface area contributed by atoms with Gasteiger partial charge in [0.15, 0.2) is 16.6 Å². The Morgan fingerprint density at radius 1 is 1.26 bits per heavy atom. The van der Waals surface area contributed by atoms with E-state index in [0.29, 0.717) is 16.6 Å². The summed E-state index contributed by atoms with van der Waals surface area (Å²) in [5.41, 5.74) is 3.63. The molecule has 1 aromatic carbocycles. The van der Waals surface area contributed by atoms with Crippen molar-refractivity contribution in [2.24, 2.45) is 5.10 Å². The van der Waals surface area contributed by atoms with Crippen molar-refractivity contribution in [2.45, 2.75) is 19.9 Å². The van der Waals surface area contributed by atoms with E-state index in [0.717, 1.165) is 5.56 Å². The maximum absolute atomic E-state index is 5.21. The van der Waals surface area contributed by atoms with Gasteiger partial charge in [0.25, 0.3) is 0 Å². The van der Waals surface area contributed by atoms with Gasteiger partial charge in [0.2, 0.25) is 0 Å². The third-order valence-corrected chi connectivity index (χ3v) is 2.42. The fourth-order valence-corrected chi connectivity index (χ4v) is 1.68. The largest absolute Gasteiger partial charge is 0.493 e. The van der Waals surface area contributed by atoms with Crippen molar-refractivity contribution >= 4 is 23.5 Å². The summed E-state index contributed by atoms with van der Waals surface area (Å²) in [6, 6.07) is 5.82. The maximum atomic E-state index is 5.21. The van der Waals surface area contributed by atoms with Gasteiger partial charge < -0.3 is 14.8 Å². The van der Waals surface area contributed by atoms with Crippen LogP contribution in [0.25, 0.3) is 0 Å². The van der Waals surface area contributed by atoms with Crippen LogP contribution in [-0.2, 0) is 0 Å². The molecule has 2 N–H and O–H groups in total. The minimum Gasteiger partial charge on any atom is -0.493 e. The second kappa shape index (κ2) is 7.58. The summed E-state index contributed by atoms with van der Waals surface area (Å²) in [6.45, 7) is 4.01. The van der Waals surface area contributed by atoms with Gasteiger partial charge in [-0.25, -0.2) is 0 Å². The smallest absolute Gasteiger partial charge is 0.187 e. The Labute approximate surface area is 119 Å². The van der Waals surface area contributed by atoms with E-state index >= 15 is 0 Å². The number of nitrogens with one attached hydrogen (secondary N) is 2. The van der Waals surface area contributed by atoms with E-state index in [2.05, 4.69) is 15.8 Å². The van der Waals surface area contributed by atoms with E-state index in [-0.39, 0.29) is 6.04 Å². The highest BCUT2D eigenvalue weighted by atomic mass is 32.1. The Hall–Kier alpha value is -1.82. The number of ether oxygens (including phenoxy) is 2. The number of benzene rings is 1. The van der Waals surface area contributed by atoms with Crippen LogP contribution in [0.2, 0.25) is 0 Å². The Balaban J connectivity index is 2.64. The van der Waals surface area contributed by atoms with E-state index in [1.807, 2.05) is 32.0 Å². The summed E-state index contributed by atoms with van der Waals surface area (Å²) in [5.74, 6) is 1.35. The van der Waals surface area contributed by atoms with Crippen molar-refractivity contribution in [1.29, 1.82) is 0 Å². The van der Waals surface area contributed by atoms with Gasteiger partial charge in [-0.15, -0.1) is 0 Å². The summed E-state index contributed by atoms with van der Waals surface area (Å²) in [4.78, 5) is 0. The first-order valence-electron chi connectivity index (χ1n) is 5.88. The second-order valence-electron chi connectivity index (χ2n) is 4.11. The zero-order valence-electron chi connectivity index (χ0n) is 11.6. The third-order valence-electron chi connectivity index (χ3n) is 2.21. The first-order valence-corrected chi connectivity index (χ1v) is 6.29. The van der Waals surface area contributed by atoms with Gasteiger partial charge in [0, 0.05) is 6.04 Å². The molecule has 1 aromatic rings. The molecule has 0 radical (unpaired) electrons. The fourth-order valence-electron chi connectivity index (χ4n) is 1.39. The van der Waals surface area contributed by atoms with Crippen molar-refractivity contribution in [3.63, 3.8) is 0 Å². The van der Waals surface area contributed by atoms with Gasteiger partial charge in [-0.2, -0.15) is 5.10 Å². The Morgan fingerprint density at radius 2 is 1.95 bits per heavy atom. The highest BCUT2D eigenvalue weighted by Crippen LogP contribution is 2.26. The molecule has 0 spiro atoms. The number of rotatable bonds is 5. The molecule has 0 fully saturated rings. The lowest BCUT2D eigenvalue weighted by atomic mass is 10.2.